The molecule has 12 heterocycles. The van der Waals surface area contributed by atoms with Crippen LogP contribution in [0, 0.1) is 33.7 Å². The van der Waals surface area contributed by atoms with Gasteiger partial charge in [0, 0.05) is 98.4 Å². The van der Waals surface area contributed by atoms with Gasteiger partial charge in [-0.1, -0.05) is 0 Å². The Hall–Kier alpha value is -10.7. The third kappa shape index (κ3) is 14.0. The van der Waals surface area contributed by atoms with E-state index in [4.69, 9.17) is 18.6 Å². The van der Waals surface area contributed by atoms with Crippen LogP contribution in [0.1, 0.15) is 105 Å². The summed E-state index contributed by atoms with van der Waals surface area (Å²) in [6.45, 7) is 1.09. The van der Waals surface area contributed by atoms with Crippen LogP contribution in [0.5, 0.6) is 0 Å². The van der Waals surface area contributed by atoms with Crippen molar-refractivity contribution in [3.8, 4) is 0 Å². The fourth-order valence-corrected chi connectivity index (χ4v) is 17.0. The minimum absolute atomic E-state index is 0.000280. The summed E-state index contributed by atoms with van der Waals surface area (Å²) in [4.78, 5) is 159. The molecule has 110 heavy (non-hydrogen) atoms. The van der Waals surface area contributed by atoms with Crippen LogP contribution in [0.2, 0.25) is 0 Å². The lowest BCUT2D eigenvalue weighted by molar-refractivity contribution is -0.243. The summed E-state index contributed by atoms with van der Waals surface area (Å²) in [5, 5.41) is 15.5. The number of amides is 10. The van der Waals surface area contributed by atoms with Gasteiger partial charge in [0.05, 0.1) is 91.0 Å². The molecule has 584 valence electrons. The van der Waals surface area contributed by atoms with Gasteiger partial charge in [-0.2, -0.15) is 39.5 Å². The monoisotopic (exact) mass is 1570 g/mol. The Labute approximate surface area is 616 Å². The molecule has 41 heteroatoms. The molecule has 6 saturated heterocycles. The van der Waals surface area contributed by atoms with Crippen LogP contribution in [-0.2, 0) is 81.5 Å². The number of carbonyl (C=O) groups is 11. The van der Waals surface area contributed by atoms with Crippen molar-refractivity contribution in [2.75, 3.05) is 41.0 Å². The Morgan fingerprint density at radius 3 is 1.20 bits per heavy atom. The number of nitrogens with zero attached hydrogens (tertiary/aromatic N) is 6. The number of nitrogens with one attached hydrogen (secondary N) is 7. The average molecular weight is 1570 g/mol. The number of aromatic amines is 1. The van der Waals surface area contributed by atoms with E-state index < -0.39 is 204 Å². The van der Waals surface area contributed by atoms with Gasteiger partial charge >= 0.3 is 30.6 Å². The van der Waals surface area contributed by atoms with Crippen molar-refractivity contribution in [1.82, 2.24) is 51.8 Å². The van der Waals surface area contributed by atoms with Gasteiger partial charge in [0.15, 0.2) is 57.8 Å². The number of barbiturate groups is 2. The number of ether oxygens (including phenoxy) is 3. The summed E-state index contributed by atoms with van der Waals surface area (Å²) in [7, 11) is 0. The molecule has 0 aliphatic carbocycles. The summed E-state index contributed by atoms with van der Waals surface area (Å²) in [5.74, 6) is -8.92. The molecule has 6 aromatic rings. The van der Waals surface area contributed by atoms with Gasteiger partial charge in [0.25, 0.3) is 0 Å². The largest absolute Gasteiger partial charge is 0.449 e. The van der Waals surface area contributed by atoms with Crippen molar-refractivity contribution in [3.63, 3.8) is 0 Å². The number of Topliss-reactive ketones (excluding diaryl/α,β-unsaturated/α-hetero) is 3. The van der Waals surface area contributed by atoms with E-state index in [1.807, 2.05) is 21.3 Å². The van der Waals surface area contributed by atoms with Gasteiger partial charge in [0.1, 0.15) is 29.5 Å². The molecular formula is C69H63F12N13O15S. The van der Waals surface area contributed by atoms with Crippen LogP contribution in [0.15, 0.2) is 77.2 Å². The van der Waals surface area contributed by atoms with Crippen molar-refractivity contribution >= 4 is 93.3 Å². The number of rotatable bonds is 12. The summed E-state index contributed by atoms with van der Waals surface area (Å²) >= 11 is 1.35. The number of halogens is 12. The molecule has 0 unspecified atom stereocenters. The smallest absolute Gasteiger partial charge is 0.416 e. The molecule has 7 N–H and O–H groups in total. The van der Waals surface area contributed by atoms with Crippen LogP contribution in [-0.4, -0.2) is 184 Å². The first-order chi connectivity index (χ1) is 51.8. The lowest BCUT2D eigenvalue weighted by Crippen LogP contribution is -2.76. The summed E-state index contributed by atoms with van der Waals surface area (Å²) in [5.41, 5.74) is -6.83. The lowest BCUT2D eigenvalue weighted by Gasteiger charge is -2.56. The van der Waals surface area contributed by atoms with E-state index in [1.165, 1.54) is 69.0 Å². The summed E-state index contributed by atoms with van der Waals surface area (Å²) < 4.78 is 190. The molecule has 9 atom stereocenters. The fraction of sp³-hybridized carbons (Fsp3) is 0.449. The number of alkyl halides is 9. The van der Waals surface area contributed by atoms with Gasteiger partial charge in [-0.25, -0.2) is 37.7 Å². The highest BCUT2D eigenvalue weighted by atomic mass is 32.1. The molecule has 3 aromatic carbocycles. The van der Waals surface area contributed by atoms with Crippen LogP contribution in [0.3, 0.4) is 0 Å². The first kappa shape index (κ1) is 77.5. The number of anilines is 3. The van der Waals surface area contributed by atoms with E-state index in [0.717, 1.165) is 32.9 Å². The molecule has 28 nitrogen and oxygen atoms in total. The Balaban J connectivity index is 0.000000145. The predicted molar refractivity (Wildman–Crippen MR) is 352 cm³/mol. The number of oxazole rings is 1. The molecular weight excluding hydrogens is 1510 g/mol. The number of aryl methyl sites for hydroxylation is 3. The molecule has 3 aromatic heterocycles. The molecule has 0 bridgehead atoms. The number of imide groups is 4. The van der Waals surface area contributed by atoms with Gasteiger partial charge in [0.2, 0.25) is 35.4 Å². The zero-order chi connectivity index (χ0) is 79.2. The fourth-order valence-electron chi connectivity index (χ4n) is 16.4. The van der Waals surface area contributed by atoms with Gasteiger partial charge in [-0.05, 0) is 73.9 Å². The molecule has 10 amide bonds. The number of carbonyl (C=O) groups excluding carboxylic acids is 11. The highest BCUT2D eigenvalue weighted by molar-refractivity contribution is 7.09. The minimum atomic E-state index is -4.82. The maximum Gasteiger partial charge on any atom is 0.416 e. The molecule has 3 spiro atoms. The normalized spacial score (nSPS) is 24.9. The van der Waals surface area contributed by atoms with E-state index in [-0.39, 0.29) is 102 Å². The quantitative estimate of drug-likeness (QED) is 0.0405. The number of urea groups is 2. The van der Waals surface area contributed by atoms with Crippen molar-refractivity contribution in [2.45, 2.75) is 152 Å². The molecule has 9 aliphatic heterocycles. The van der Waals surface area contributed by atoms with Gasteiger partial charge in [-0.15, -0.1) is 11.3 Å². The zero-order valence-corrected chi connectivity index (χ0v) is 58.4. The second-order valence-electron chi connectivity index (χ2n) is 27.6. The summed E-state index contributed by atoms with van der Waals surface area (Å²) in [6, 6.07) is 0.684. The molecule has 15 rings (SSSR count). The topological polar surface area (TPSA) is 365 Å². The highest BCUT2D eigenvalue weighted by Gasteiger charge is 2.68. The van der Waals surface area contributed by atoms with Crippen LogP contribution < -0.4 is 46.6 Å². The maximum absolute atomic E-state index is 15.6. The maximum atomic E-state index is 15.6. The van der Waals surface area contributed by atoms with Crippen molar-refractivity contribution in [2.24, 2.45) is 16.2 Å². The number of hydrogen-bond donors (Lipinski definition) is 7. The molecule has 6 fully saturated rings. The molecule has 9 aliphatic rings. The number of aromatic nitrogens is 4. The number of morpholine rings is 3. The van der Waals surface area contributed by atoms with E-state index >= 15 is 13.2 Å². The van der Waals surface area contributed by atoms with Crippen molar-refractivity contribution in [3.05, 3.63) is 140 Å². The number of fused-ring (bicyclic) bond motifs is 12. The van der Waals surface area contributed by atoms with Gasteiger partial charge < -0.3 is 48.9 Å². The Morgan fingerprint density at radius 1 is 0.491 bits per heavy atom. The Bertz CT molecular complexity index is 4480. The molecule has 0 saturated carbocycles. The third-order valence-electron chi connectivity index (χ3n) is 20.9. The lowest BCUT2D eigenvalue weighted by atomic mass is 9.66. The predicted octanol–water partition coefficient (Wildman–Crippen LogP) is 6.23. The Morgan fingerprint density at radius 2 is 0.864 bits per heavy atom. The van der Waals surface area contributed by atoms with E-state index in [0.29, 0.717) is 17.3 Å². The van der Waals surface area contributed by atoms with Crippen LogP contribution in [0.25, 0.3) is 0 Å². The van der Waals surface area contributed by atoms with Crippen LogP contribution >= 0.6 is 11.3 Å². The number of hydrogen-bond acceptors (Lipinski definition) is 22. The number of benzene rings is 3. The second-order valence-corrected chi connectivity index (χ2v) is 28.5. The highest BCUT2D eigenvalue weighted by Crippen LogP contribution is 2.53. The third-order valence-corrected chi connectivity index (χ3v) is 21.8. The average Bonchev–Trinajstić information content (AvgIpc) is 1.15. The van der Waals surface area contributed by atoms with Crippen molar-refractivity contribution < 1.29 is 124 Å². The SMILES string of the molecule is C[C@@H]1O[C@H](C(F)(F)F)CN2c3c(F)cc(C(=O)CCc4ncc[nH]4)cc3CC3(C(=O)NCNC3=O)[C@@H]12.C[C@@H]1O[C@H](C(F)(F)F)CN2c3c(F)cc(C(=O)CCc4ncco4)cc3CC3(C(=O)NC(=O)NC3=O)[C@@H]12.C[C@@H]1O[C@H](C(F)(F)F)CN2c3c(F)cc(C(=O)CCc4nccs4)cc3CC3(C(=O)NC(=O)NC3=O)[C@@H]12. The number of ketones is 3. The van der Waals surface area contributed by atoms with Gasteiger partial charge in [-0.3, -0.25) is 64.4 Å². The van der Waals surface area contributed by atoms with E-state index in [1.54, 1.807) is 17.8 Å². The zero-order valence-electron chi connectivity index (χ0n) is 57.6. The number of imidazole rings is 1. The molecule has 0 radical (unpaired) electrons. The Kier molecular flexibility index (Phi) is 20.4. The van der Waals surface area contributed by atoms with Crippen LogP contribution in [0.4, 0.5) is 79.3 Å². The first-order valence-corrected chi connectivity index (χ1v) is 34.9. The second kappa shape index (κ2) is 29.0. The minimum Gasteiger partial charge on any atom is -0.449 e. The van der Waals surface area contributed by atoms with Crippen molar-refractivity contribution in [1.29, 1.82) is 0 Å². The first-order valence-electron chi connectivity index (χ1n) is 34.0. The number of H-pyrrole nitrogens is 1. The standard InChI is InChI=1S/C23H23F4N5O4.C23H20F4N4O6.C23H20F4N4O5S/c1-11-19-22(20(34)30-10-31-21(22)35)8-13-6-12(15(33)2-3-17-28-4-5-29-17)7-14(24)18(13)32(19)9-16(36-11)23(25,26)27;1-10-18-22(19(33)29-21(35)30-20(22)34)8-12-6-11(14(32)2-3-16-28-4-5-36-16)7-13(24)17(12)31(18)9-15(37-10)23(25,26)27;1-10-18-22(19(33)29-21(35)30-20(22)34)8-12-6-11(14(32)2-3-16-28-4-5-37-16)7-13(24)17(12)31(18)9-15(36-10)23(25,26)27/h4-7,11,16,19H,2-3,8-10H2,1H3,(H,28,29)(H,30,34)(H,31,35);2*4-7,10,15,18H,2-3,8-9H2,1H3,(H2,29,30,33,34,35)/t11-,16-,19+;2*10-,15-,18+/m000/s1. The summed E-state index contributed by atoms with van der Waals surface area (Å²) in [6.07, 6.45) is -18.4. The van der Waals surface area contributed by atoms with E-state index in [9.17, 15) is 92.3 Å². The van der Waals surface area contributed by atoms with E-state index in [2.05, 4.69) is 30.6 Å². The number of thiazole rings is 1.